The lowest BCUT2D eigenvalue weighted by atomic mass is 10.1. The van der Waals surface area contributed by atoms with Crippen molar-refractivity contribution < 1.29 is 13.2 Å². The van der Waals surface area contributed by atoms with E-state index in [2.05, 4.69) is 6.07 Å². The standard InChI is InChI=1S/C23H27Cl2N3O3S/c1-17(2)28(15-13-18-9-11-19(16-26)12-10-18)22(29)8-5-14-27(3)32(30,31)21-7-4-6-20(24)23(21)25/h4,6-7,9-12,17H,5,8,13-15H2,1-3H3. The van der Waals surface area contributed by atoms with E-state index in [0.717, 1.165) is 5.56 Å². The van der Waals surface area contributed by atoms with Crippen LogP contribution in [0.1, 0.15) is 37.8 Å². The molecule has 0 heterocycles. The molecule has 9 heteroatoms. The first-order valence-electron chi connectivity index (χ1n) is 10.3. The Morgan fingerprint density at radius 1 is 1.09 bits per heavy atom. The van der Waals surface area contributed by atoms with Crippen molar-refractivity contribution in [3.8, 4) is 6.07 Å². The fourth-order valence-corrected chi connectivity index (χ4v) is 5.18. The molecular weight excluding hydrogens is 469 g/mol. The van der Waals surface area contributed by atoms with Crippen LogP contribution in [0.4, 0.5) is 0 Å². The third-order valence-corrected chi connectivity index (χ3v) is 7.97. The number of amides is 1. The number of hydrogen-bond acceptors (Lipinski definition) is 4. The largest absolute Gasteiger partial charge is 0.340 e. The van der Waals surface area contributed by atoms with Crippen LogP contribution in [0.3, 0.4) is 0 Å². The summed E-state index contributed by atoms with van der Waals surface area (Å²) in [6.45, 7) is 4.63. The van der Waals surface area contributed by atoms with Crippen molar-refractivity contribution in [2.45, 2.75) is 44.0 Å². The number of rotatable bonds is 10. The molecule has 2 aromatic rings. The maximum atomic E-state index is 12.8. The monoisotopic (exact) mass is 495 g/mol. The molecule has 32 heavy (non-hydrogen) atoms. The van der Waals surface area contributed by atoms with Crippen LogP contribution in [0.25, 0.3) is 0 Å². The smallest absolute Gasteiger partial charge is 0.244 e. The van der Waals surface area contributed by atoms with Gasteiger partial charge in [0.05, 0.1) is 21.7 Å². The zero-order chi connectivity index (χ0) is 23.9. The molecule has 0 N–H and O–H groups in total. The van der Waals surface area contributed by atoms with Gasteiger partial charge in [0.1, 0.15) is 4.90 Å². The van der Waals surface area contributed by atoms with Crippen molar-refractivity contribution in [2.24, 2.45) is 0 Å². The van der Waals surface area contributed by atoms with Gasteiger partial charge in [-0.15, -0.1) is 0 Å². The van der Waals surface area contributed by atoms with Crippen LogP contribution in [-0.4, -0.2) is 49.7 Å². The Labute approximate surface area is 200 Å². The average molecular weight is 496 g/mol. The molecule has 0 aliphatic heterocycles. The number of nitriles is 1. The summed E-state index contributed by atoms with van der Waals surface area (Å²) in [5.41, 5.74) is 1.65. The highest BCUT2D eigenvalue weighted by atomic mass is 35.5. The Morgan fingerprint density at radius 3 is 2.34 bits per heavy atom. The SMILES string of the molecule is CC(C)N(CCc1ccc(C#N)cc1)C(=O)CCCN(C)S(=O)(=O)c1cccc(Cl)c1Cl. The first-order valence-corrected chi connectivity index (χ1v) is 12.5. The molecule has 1 amide bonds. The Bertz CT molecular complexity index is 1080. The molecular formula is C23H27Cl2N3O3S. The van der Waals surface area contributed by atoms with Gasteiger partial charge in [-0.2, -0.15) is 5.26 Å². The molecule has 0 atom stereocenters. The van der Waals surface area contributed by atoms with E-state index in [1.807, 2.05) is 26.0 Å². The van der Waals surface area contributed by atoms with Crippen LogP contribution < -0.4 is 0 Å². The third-order valence-electron chi connectivity index (χ3n) is 5.14. The van der Waals surface area contributed by atoms with E-state index in [1.54, 1.807) is 17.0 Å². The van der Waals surface area contributed by atoms with E-state index >= 15 is 0 Å². The van der Waals surface area contributed by atoms with E-state index < -0.39 is 10.0 Å². The highest BCUT2D eigenvalue weighted by Gasteiger charge is 2.25. The van der Waals surface area contributed by atoms with E-state index in [1.165, 1.54) is 29.6 Å². The summed E-state index contributed by atoms with van der Waals surface area (Å²) in [6, 6.07) is 13.9. The van der Waals surface area contributed by atoms with Crippen LogP contribution in [0.5, 0.6) is 0 Å². The lowest BCUT2D eigenvalue weighted by Crippen LogP contribution is -2.39. The molecule has 6 nitrogen and oxygen atoms in total. The van der Waals surface area contributed by atoms with Gasteiger partial charge >= 0.3 is 0 Å². The zero-order valence-electron chi connectivity index (χ0n) is 18.4. The van der Waals surface area contributed by atoms with Crippen molar-refractivity contribution in [1.82, 2.24) is 9.21 Å². The summed E-state index contributed by atoms with van der Waals surface area (Å²) in [4.78, 5) is 14.5. The molecule has 0 radical (unpaired) electrons. The van der Waals surface area contributed by atoms with Crippen LogP contribution in [-0.2, 0) is 21.2 Å². The number of carbonyl (C=O) groups is 1. The van der Waals surface area contributed by atoms with Gasteiger partial charge in [0.15, 0.2) is 0 Å². The molecule has 2 rings (SSSR count). The first-order chi connectivity index (χ1) is 15.1. The Kier molecular flexibility index (Phi) is 9.53. The van der Waals surface area contributed by atoms with Crippen LogP contribution in [0, 0.1) is 11.3 Å². The van der Waals surface area contributed by atoms with Gasteiger partial charge < -0.3 is 4.90 Å². The number of halogens is 2. The van der Waals surface area contributed by atoms with E-state index in [9.17, 15) is 13.2 Å². The van der Waals surface area contributed by atoms with Crippen molar-refractivity contribution in [3.05, 3.63) is 63.6 Å². The van der Waals surface area contributed by atoms with Gasteiger partial charge in [-0.25, -0.2) is 12.7 Å². The molecule has 0 aromatic heterocycles. The molecule has 172 valence electrons. The van der Waals surface area contributed by atoms with E-state index in [0.29, 0.717) is 24.9 Å². The summed E-state index contributed by atoms with van der Waals surface area (Å²) < 4.78 is 26.8. The molecule has 0 bridgehead atoms. The lowest BCUT2D eigenvalue weighted by molar-refractivity contribution is -0.133. The molecule has 0 spiro atoms. The minimum absolute atomic E-state index is 0.00845. The second kappa shape index (κ2) is 11.7. The van der Waals surface area contributed by atoms with Crippen LogP contribution in [0.2, 0.25) is 10.0 Å². The molecule has 0 fully saturated rings. The average Bonchev–Trinajstić information content (AvgIpc) is 2.75. The summed E-state index contributed by atoms with van der Waals surface area (Å²) in [7, 11) is -2.35. The second-order valence-corrected chi connectivity index (χ2v) is 10.5. The van der Waals surface area contributed by atoms with Crippen molar-refractivity contribution in [3.63, 3.8) is 0 Å². The lowest BCUT2D eigenvalue weighted by Gasteiger charge is -2.27. The summed E-state index contributed by atoms with van der Waals surface area (Å²) in [5, 5.41) is 9.06. The predicted octanol–water partition coefficient (Wildman–Crippen LogP) is 4.75. The maximum Gasteiger partial charge on any atom is 0.244 e. The Balaban J connectivity index is 1.93. The first kappa shape index (κ1) is 26.1. The van der Waals surface area contributed by atoms with Crippen molar-refractivity contribution >= 4 is 39.1 Å². The number of benzene rings is 2. The van der Waals surface area contributed by atoms with E-state index in [-0.39, 0.29) is 39.9 Å². The summed E-state index contributed by atoms with van der Waals surface area (Å²) in [5.74, 6) is -0.0276. The minimum atomic E-state index is -3.81. The van der Waals surface area contributed by atoms with E-state index in [4.69, 9.17) is 28.5 Å². The predicted molar refractivity (Wildman–Crippen MR) is 127 cm³/mol. The van der Waals surface area contributed by atoms with Crippen molar-refractivity contribution in [2.75, 3.05) is 20.1 Å². The van der Waals surface area contributed by atoms with Gasteiger partial charge in [-0.05, 0) is 56.5 Å². The van der Waals surface area contributed by atoms with Gasteiger partial charge in [0.2, 0.25) is 15.9 Å². The van der Waals surface area contributed by atoms with Crippen molar-refractivity contribution in [1.29, 1.82) is 5.26 Å². The van der Waals surface area contributed by atoms with Gasteiger partial charge in [0, 0.05) is 32.6 Å². The molecule has 0 unspecified atom stereocenters. The molecule has 0 aliphatic rings. The van der Waals surface area contributed by atoms with Gasteiger partial charge in [-0.1, -0.05) is 41.4 Å². The highest BCUT2D eigenvalue weighted by Crippen LogP contribution is 2.30. The molecule has 0 saturated carbocycles. The summed E-state index contributed by atoms with van der Waals surface area (Å²) in [6.07, 6.45) is 1.29. The minimum Gasteiger partial charge on any atom is -0.340 e. The number of hydrogen-bond donors (Lipinski definition) is 0. The Morgan fingerprint density at radius 2 is 1.75 bits per heavy atom. The summed E-state index contributed by atoms with van der Waals surface area (Å²) >= 11 is 12.0. The van der Waals surface area contributed by atoms with Gasteiger partial charge in [0.25, 0.3) is 0 Å². The zero-order valence-corrected chi connectivity index (χ0v) is 20.7. The van der Waals surface area contributed by atoms with Gasteiger partial charge in [-0.3, -0.25) is 4.79 Å². The van der Waals surface area contributed by atoms with Crippen LogP contribution >= 0.6 is 23.2 Å². The molecule has 0 aliphatic carbocycles. The number of carbonyl (C=O) groups excluding carboxylic acids is 1. The Hall–Kier alpha value is -2.11. The molecule has 0 saturated heterocycles. The topological polar surface area (TPSA) is 81.5 Å². The molecule has 2 aromatic carbocycles. The second-order valence-electron chi connectivity index (χ2n) is 7.72. The third kappa shape index (κ3) is 6.69. The number of sulfonamides is 1. The van der Waals surface area contributed by atoms with Crippen LogP contribution in [0.15, 0.2) is 47.4 Å². The highest BCUT2D eigenvalue weighted by molar-refractivity contribution is 7.89. The number of nitrogens with zero attached hydrogens (tertiary/aromatic N) is 3. The maximum absolute atomic E-state index is 12.8. The normalized spacial score (nSPS) is 11.6. The quantitative estimate of drug-likeness (QED) is 0.476. The fraction of sp³-hybridized carbons (Fsp3) is 0.391. The fourth-order valence-electron chi connectivity index (χ4n) is 3.23.